The van der Waals surface area contributed by atoms with Crippen molar-refractivity contribution in [2.75, 3.05) is 13.2 Å². The van der Waals surface area contributed by atoms with Gasteiger partial charge < -0.3 is 9.47 Å². The first-order valence-corrected chi connectivity index (χ1v) is 8.90. The summed E-state index contributed by atoms with van der Waals surface area (Å²) in [5.74, 6) is 0. The Balaban J connectivity index is 1.62. The van der Waals surface area contributed by atoms with E-state index in [1.165, 1.54) is 22.3 Å². The Morgan fingerprint density at radius 2 is 1.12 bits per heavy atom. The van der Waals surface area contributed by atoms with Crippen molar-refractivity contribution in [1.82, 2.24) is 0 Å². The fourth-order valence-corrected chi connectivity index (χ4v) is 2.51. The van der Waals surface area contributed by atoms with Gasteiger partial charge >= 0.3 is 6.16 Å². The number of hydrogen-bond acceptors (Lipinski definition) is 3. The third-order valence-corrected chi connectivity index (χ3v) is 4.03. The van der Waals surface area contributed by atoms with Gasteiger partial charge in [0.25, 0.3) is 0 Å². The fraction of sp³-hybridized carbons (Fsp3) is 0.261. The molecule has 0 heterocycles. The van der Waals surface area contributed by atoms with E-state index in [1.807, 2.05) is 36.4 Å². The number of hydrogen-bond donors (Lipinski definition) is 0. The third kappa shape index (κ3) is 6.98. The molecule has 0 spiro atoms. The number of benzene rings is 2. The molecule has 3 heteroatoms. The molecule has 2 aromatic carbocycles. The van der Waals surface area contributed by atoms with Crippen LogP contribution in [-0.4, -0.2) is 19.4 Å². The zero-order valence-electron chi connectivity index (χ0n) is 15.5. The van der Waals surface area contributed by atoms with E-state index in [9.17, 15) is 4.79 Å². The predicted octanol–water partition coefficient (Wildman–Crippen LogP) is 6.13. The van der Waals surface area contributed by atoms with E-state index in [-0.39, 0.29) is 0 Å². The second-order valence-electron chi connectivity index (χ2n) is 6.03. The van der Waals surface area contributed by atoms with Crippen molar-refractivity contribution < 1.29 is 14.3 Å². The molecule has 0 aliphatic rings. The van der Waals surface area contributed by atoms with Gasteiger partial charge in [-0.05, 0) is 36.1 Å². The van der Waals surface area contributed by atoms with Crippen molar-refractivity contribution in [3.8, 4) is 0 Å². The Morgan fingerprint density at radius 3 is 1.50 bits per heavy atom. The molecule has 0 bridgehead atoms. The third-order valence-electron chi connectivity index (χ3n) is 4.03. The van der Waals surface area contributed by atoms with E-state index in [0.29, 0.717) is 26.1 Å². The number of ether oxygens (including phenoxy) is 2. The van der Waals surface area contributed by atoms with Crippen LogP contribution in [0.1, 0.15) is 37.8 Å². The molecule has 0 N–H and O–H groups in total. The molecule has 0 amide bonds. The van der Waals surface area contributed by atoms with Crippen LogP contribution in [0.3, 0.4) is 0 Å². The maximum Gasteiger partial charge on any atom is 0.508 e. The molecule has 0 aromatic heterocycles. The largest absolute Gasteiger partial charge is 0.508 e. The second kappa shape index (κ2) is 10.9. The van der Waals surface area contributed by atoms with Gasteiger partial charge in [0.05, 0.1) is 13.2 Å². The van der Waals surface area contributed by atoms with Crippen molar-refractivity contribution in [2.45, 2.75) is 26.7 Å². The van der Waals surface area contributed by atoms with Crippen molar-refractivity contribution in [1.29, 1.82) is 0 Å². The van der Waals surface area contributed by atoms with Crippen LogP contribution < -0.4 is 0 Å². The highest BCUT2D eigenvalue weighted by molar-refractivity contribution is 5.64. The van der Waals surface area contributed by atoms with Gasteiger partial charge in [-0.3, -0.25) is 0 Å². The van der Waals surface area contributed by atoms with Crippen LogP contribution in [-0.2, 0) is 9.47 Å². The molecule has 136 valence electrons. The van der Waals surface area contributed by atoms with Gasteiger partial charge in [0.1, 0.15) is 0 Å². The summed E-state index contributed by atoms with van der Waals surface area (Å²) < 4.78 is 10.2. The lowest BCUT2D eigenvalue weighted by molar-refractivity contribution is 0.0578. The first-order valence-electron chi connectivity index (χ1n) is 8.90. The van der Waals surface area contributed by atoms with E-state index in [2.05, 4.69) is 50.3 Å². The number of carbonyl (C=O) groups excluding carboxylic acids is 1. The highest BCUT2D eigenvalue weighted by Gasteiger charge is 2.02. The maximum absolute atomic E-state index is 11.6. The molecule has 0 radical (unpaired) electrons. The zero-order valence-corrected chi connectivity index (χ0v) is 15.5. The minimum absolute atomic E-state index is 0.321. The average Bonchev–Trinajstić information content (AvgIpc) is 2.69. The smallest absolute Gasteiger partial charge is 0.434 e. The monoisotopic (exact) mass is 350 g/mol. The number of carbonyl (C=O) groups is 1. The summed E-state index contributed by atoms with van der Waals surface area (Å²) in [6.07, 6.45) is 4.86. The summed E-state index contributed by atoms with van der Waals surface area (Å²) >= 11 is 0. The van der Waals surface area contributed by atoms with Crippen molar-refractivity contribution in [2.24, 2.45) is 0 Å². The van der Waals surface area contributed by atoms with Crippen LogP contribution in [0.2, 0.25) is 0 Å². The molecule has 0 aliphatic heterocycles. The van der Waals surface area contributed by atoms with E-state index in [1.54, 1.807) is 0 Å². The molecule has 0 saturated carbocycles. The average molecular weight is 350 g/mol. The summed E-state index contributed by atoms with van der Waals surface area (Å²) in [6.45, 7) is 4.74. The van der Waals surface area contributed by atoms with Crippen LogP contribution in [0.25, 0.3) is 11.1 Å². The van der Waals surface area contributed by atoms with Gasteiger partial charge in [-0.2, -0.15) is 0 Å². The molecule has 0 aliphatic carbocycles. The van der Waals surface area contributed by atoms with Crippen LogP contribution in [0.15, 0.2) is 72.8 Å². The van der Waals surface area contributed by atoms with E-state index >= 15 is 0 Å². The van der Waals surface area contributed by atoms with Crippen molar-refractivity contribution in [3.05, 3.63) is 83.9 Å². The molecule has 3 nitrogen and oxygen atoms in total. The summed E-state index contributed by atoms with van der Waals surface area (Å²) in [4.78, 5) is 11.6. The summed E-state index contributed by atoms with van der Waals surface area (Å²) in [6, 6.07) is 20.3. The van der Waals surface area contributed by atoms with Crippen molar-refractivity contribution in [3.63, 3.8) is 0 Å². The minimum atomic E-state index is -0.610. The molecule has 0 atom stereocenters. The molecule has 2 rings (SSSR count). The fourth-order valence-electron chi connectivity index (χ4n) is 2.51. The predicted molar refractivity (Wildman–Crippen MR) is 107 cm³/mol. The van der Waals surface area contributed by atoms with E-state index in [4.69, 9.17) is 9.47 Å². The quantitative estimate of drug-likeness (QED) is 0.424. The lowest BCUT2D eigenvalue weighted by atomic mass is 10.1. The first-order chi connectivity index (χ1) is 12.7. The number of rotatable bonds is 8. The van der Waals surface area contributed by atoms with E-state index in [0.717, 1.165) is 0 Å². The summed E-state index contributed by atoms with van der Waals surface area (Å²) in [7, 11) is 0. The zero-order chi connectivity index (χ0) is 18.6. The standard InChI is InChI=1S/C23H26O3/c1-19(21-13-5-3-6-14-21)11-9-17-25-23(24)26-18-10-12-20(2)22-15-7-4-8-16-22/h3-8,11-16H,9-10,17-18H2,1-2H3/b19-11+,20-12+. The first kappa shape index (κ1) is 19.5. The molecular formula is C23H26O3. The Kier molecular flexibility index (Phi) is 8.20. The van der Waals surface area contributed by atoms with Gasteiger partial charge in [-0.25, -0.2) is 4.79 Å². The lowest BCUT2D eigenvalue weighted by Gasteiger charge is -2.05. The SMILES string of the molecule is C/C(=C\CCOC(=O)OCC/C=C(\C)c1ccccc1)c1ccccc1. The summed E-state index contributed by atoms with van der Waals surface area (Å²) in [5, 5.41) is 0. The second-order valence-corrected chi connectivity index (χ2v) is 6.03. The van der Waals surface area contributed by atoms with Gasteiger partial charge in [0, 0.05) is 12.8 Å². The molecule has 0 fully saturated rings. The topological polar surface area (TPSA) is 35.5 Å². The van der Waals surface area contributed by atoms with Crippen LogP contribution in [0, 0.1) is 0 Å². The van der Waals surface area contributed by atoms with Gasteiger partial charge in [0.15, 0.2) is 0 Å². The van der Waals surface area contributed by atoms with Gasteiger partial charge in [-0.1, -0.05) is 72.8 Å². The molecule has 2 aromatic rings. The molecule has 0 unspecified atom stereocenters. The lowest BCUT2D eigenvalue weighted by Crippen LogP contribution is -2.08. The normalized spacial score (nSPS) is 11.9. The Bertz CT molecular complexity index is 667. The Labute approximate surface area is 156 Å². The maximum atomic E-state index is 11.6. The van der Waals surface area contributed by atoms with Gasteiger partial charge in [-0.15, -0.1) is 0 Å². The van der Waals surface area contributed by atoms with Crippen molar-refractivity contribution >= 4 is 17.3 Å². The molecular weight excluding hydrogens is 324 g/mol. The molecule has 26 heavy (non-hydrogen) atoms. The Hall–Kier alpha value is -2.81. The van der Waals surface area contributed by atoms with Crippen LogP contribution in [0.4, 0.5) is 4.79 Å². The van der Waals surface area contributed by atoms with Crippen LogP contribution in [0.5, 0.6) is 0 Å². The van der Waals surface area contributed by atoms with Crippen LogP contribution >= 0.6 is 0 Å². The Morgan fingerprint density at radius 1 is 0.731 bits per heavy atom. The summed E-state index contributed by atoms with van der Waals surface area (Å²) in [5.41, 5.74) is 4.69. The number of allylic oxidation sites excluding steroid dienone is 2. The molecule has 0 saturated heterocycles. The minimum Gasteiger partial charge on any atom is -0.434 e. The van der Waals surface area contributed by atoms with Gasteiger partial charge in [0.2, 0.25) is 0 Å². The highest BCUT2D eigenvalue weighted by atomic mass is 16.7. The van der Waals surface area contributed by atoms with E-state index < -0.39 is 6.16 Å². The highest BCUT2D eigenvalue weighted by Crippen LogP contribution is 2.14.